The van der Waals surface area contributed by atoms with Gasteiger partial charge in [-0.25, -0.2) is 0 Å². The summed E-state index contributed by atoms with van der Waals surface area (Å²) in [6.45, 7) is 8.40. The molecule has 1 aromatic carbocycles. The Bertz CT molecular complexity index is 334. The molecule has 0 fully saturated rings. The summed E-state index contributed by atoms with van der Waals surface area (Å²) >= 11 is 0. The molecule has 0 spiro atoms. The SMILES string of the molecule is C=Cc1cccc(OCCCCCOCCC)c1. The van der Waals surface area contributed by atoms with Crippen LogP contribution >= 0.6 is 0 Å². The molecule has 0 unspecified atom stereocenters. The van der Waals surface area contributed by atoms with Crippen LogP contribution in [0.2, 0.25) is 0 Å². The van der Waals surface area contributed by atoms with Gasteiger partial charge in [0, 0.05) is 13.2 Å². The molecule has 2 nitrogen and oxygen atoms in total. The molecular weight excluding hydrogens is 224 g/mol. The number of rotatable bonds is 10. The maximum absolute atomic E-state index is 5.69. The van der Waals surface area contributed by atoms with Crippen LogP contribution in [0, 0.1) is 0 Å². The molecule has 0 atom stereocenters. The minimum absolute atomic E-state index is 0.772. The first-order chi connectivity index (χ1) is 8.86. The Morgan fingerprint density at radius 3 is 2.72 bits per heavy atom. The lowest BCUT2D eigenvalue weighted by Gasteiger charge is -2.07. The highest BCUT2D eigenvalue weighted by Gasteiger charge is 1.95. The summed E-state index contributed by atoms with van der Waals surface area (Å²) < 4.78 is 11.1. The van der Waals surface area contributed by atoms with Gasteiger partial charge in [0.1, 0.15) is 5.75 Å². The van der Waals surface area contributed by atoms with Crippen molar-refractivity contribution in [2.24, 2.45) is 0 Å². The van der Waals surface area contributed by atoms with Crippen molar-refractivity contribution in [3.05, 3.63) is 36.4 Å². The van der Waals surface area contributed by atoms with Gasteiger partial charge >= 0.3 is 0 Å². The van der Waals surface area contributed by atoms with E-state index in [-0.39, 0.29) is 0 Å². The smallest absolute Gasteiger partial charge is 0.119 e. The Kier molecular flexibility index (Phi) is 7.98. The molecule has 0 aliphatic carbocycles. The fourth-order valence-electron chi connectivity index (χ4n) is 1.65. The molecule has 0 heterocycles. The second-order valence-electron chi connectivity index (χ2n) is 4.30. The maximum Gasteiger partial charge on any atom is 0.119 e. The zero-order valence-electron chi connectivity index (χ0n) is 11.4. The summed E-state index contributed by atoms with van der Waals surface area (Å²) in [7, 11) is 0. The summed E-state index contributed by atoms with van der Waals surface area (Å²) in [5, 5.41) is 0. The van der Waals surface area contributed by atoms with Crippen LogP contribution < -0.4 is 4.74 Å². The molecule has 0 aliphatic rings. The Balaban J connectivity index is 2.05. The van der Waals surface area contributed by atoms with Crippen molar-refractivity contribution in [1.29, 1.82) is 0 Å². The second kappa shape index (κ2) is 9.72. The fourth-order valence-corrected chi connectivity index (χ4v) is 1.65. The highest BCUT2D eigenvalue weighted by molar-refractivity contribution is 5.49. The van der Waals surface area contributed by atoms with E-state index in [2.05, 4.69) is 13.5 Å². The number of benzene rings is 1. The van der Waals surface area contributed by atoms with Gasteiger partial charge in [0.25, 0.3) is 0 Å². The van der Waals surface area contributed by atoms with E-state index >= 15 is 0 Å². The van der Waals surface area contributed by atoms with E-state index in [0.29, 0.717) is 0 Å². The third kappa shape index (κ3) is 6.45. The van der Waals surface area contributed by atoms with Gasteiger partial charge in [-0.1, -0.05) is 31.7 Å². The highest BCUT2D eigenvalue weighted by atomic mass is 16.5. The van der Waals surface area contributed by atoms with Gasteiger partial charge in [-0.2, -0.15) is 0 Å². The standard InChI is InChI=1S/C16H24O2/c1-3-11-17-12-6-5-7-13-18-16-10-8-9-15(4-2)14-16/h4,8-10,14H,2-3,5-7,11-13H2,1H3. The largest absolute Gasteiger partial charge is 0.494 e. The molecule has 18 heavy (non-hydrogen) atoms. The molecule has 0 amide bonds. The van der Waals surface area contributed by atoms with Crippen LogP contribution in [0.5, 0.6) is 5.75 Å². The topological polar surface area (TPSA) is 18.5 Å². The number of unbranched alkanes of at least 4 members (excludes halogenated alkanes) is 2. The maximum atomic E-state index is 5.69. The van der Waals surface area contributed by atoms with E-state index in [9.17, 15) is 0 Å². The van der Waals surface area contributed by atoms with Gasteiger partial charge in [-0.3, -0.25) is 0 Å². The summed E-state index contributed by atoms with van der Waals surface area (Å²) in [5.41, 5.74) is 1.10. The lowest BCUT2D eigenvalue weighted by molar-refractivity contribution is 0.129. The van der Waals surface area contributed by atoms with Gasteiger partial charge in [0.2, 0.25) is 0 Å². The van der Waals surface area contributed by atoms with Crippen molar-refractivity contribution >= 4 is 6.08 Å². The fraction of sp³-hybridized carbons (Fsp3) is 0.500. The lowest BCUT2D eigenvalue weighted by atomic mass is 10.2. The van der Waals surface area contributed by atoms with E-state index in [0.717, 1.165) is 56.8 Å². The molecular formula is C16H24O2. The zero-order valence-corrected chi connectivity index (χ0v) is 11.4. The Morgan fingerprint density at radius 1 is 1.11 bits per heavy atom. The van der Waals surface area contributed by atoms with Crippen LogP contribution in [0.25, 0.3) is 6.08 Å². The zero-order chi connectivity index (χ0) is 13.1. The summed E-state index contributed by atoms with van der Waals surface area (Å²) in [6, 6.07) is 8.00. The predicted molar refractivity (Wildman–Crippen MR) is 77.0 cm³/mol. The van der Waals surface area contributed by atoms with Crippen LogP contribution in [0.1, 0.15) is 38.2 Å². The van der Waals surface area contributed by atoms with Crippen molar-refractivity contribution in [3.63, 3.8) is 0 Å². The van der Waals surface area contributed by atoms with Gasteiger partial charge in [-0.05, 0) is 43.4 Å². The van der Waals surface area contributed by atoms with Gasteiger partial charge in [0.05, 0.1) is 6.61 Å². The van der Waals surface area contributed by atoms with Crippen LogP contribution in [-0.4, -0.2) is 19.8 Å². The van der Waals surface area contributed by atoms with E-state index in [1.165, 1.54) is 0 Å². The molecule has 1 rings (SSSR count). The van der Waals surface area contributed by atoms with Gasteiger partial charge in [-0.15, -0.1) is 0 Å². The minimum Gasteiger partial charge on any atom is -0.494 e. The van der Waals surface area contributed by atoms with Crippen LogP contribution in [0.15, 0.2) is 30.8 Å². The molecule has 0 aromatic heterocycles. The molecule has 0 saturated heterocycles. The van der Waals surface area contributed by atoms with E-state index in [1.807, 2.05) is 30.3 Å². The van der Waals surface area contributed by atoms with Crippen molar-refractivity contribution < 1.29 is 9.47 Å². The molecule has 1 aromatic rings. The third-order valence-corrected chi connectivity index (χ3v) is 2.64. The highest BCUT2D eigenvalue weighted by Crippen LogP contribution is 2.14. The molecule has 100 valence electrons. The second-order valence-corrected chi connectivity index (χ2v) is 4.30. The van der Waals surface area contributed by atoms with Crippen LogP contribution in [0.4, 0.5) is 0 Å². The van der Waals surface area contributed by atoms with E-state index in [4.69, 9.17) is 9.47 Å². The summed E-state index contributed by atoms with van der Waals surface area (Å²) in [6.07, 6.45) is 6.29. The molecule has 0 saturated carbocycles. The summed E-state index contributed by atoms with van der Waals surface area (Å²) in [5.74, 6) is 0.926. The van der Waals surface area contributed by atoms with E-state index < -0.39 is 0 Å². The van der Waals surface area contributed by atoms with Crippen molar-refractivity contribution in [2.75, 3.05) is 19.8 Å². The van der Waals surface area contributed by atoms with Crippen molar-refractivity contribution in [1.82, 2.24) is 0 Å². The summed E-state index contributed by atoms with van der Waals surface area (Å²) in [4.78, 5) is 0. The first-order valence-electron chi connectivity index (χ1n) is 6.80. The van der Waals surface area contributed by atoms with Gasteiger partial charge < -0.3 is 9.47 Å². The molecule has 0 radical (unpaired) electrons. The van der Waals surface area contributed by atoms with E-state index in [1.54, 1.807) is 0 Å². The average molecular weight is 248 g/mol. The van der Waals surface area contributed by atoms with Gasteiger partial charge in [0.15, 0.2) is 0 Å². The first kappa shape index (κ1) is 14.8. The first-order valence-corrected chi connectivity index (χ1v) is 6.80. The minimum atomic E-state index is 0.772. The number of hydrogen-bond acceptors (Lipinski definition) is 2. The Labute approximate surface area is 111 Å². The quantitative estimate of drug-likeness (QED) is 0.575. The monoisotopic (exact) mass is 248 g/mol. The Morgan fingerprint density at radius 2 is 1.94 bits per heavy atom. The molecule has 0 aliphatic heterocycles. The predicted octanol–water partition coefficient (Wildman–Crippen LogP) is 4.31. The molecule has 0 N–H and O–H groups in total. The normalized spacial score (nSPS) is 10.3. The van der Waals surface area contributed by atoms with Crippen molar-refractivity contribution in [2.45, 2.75) is 32.6 Å². The molecule has 0 bridgehead atoms. The average Bonchev–Trinajstić information content (AvgIpc) is 2.42. The number of ether oxygens (including phenoxy) is 2. The van der Waals surface area contributed by atoms with Crippen LogP contribution in [0.3, 0.4) is 0 Å². The van der Waals surface area contributed by atoms with Crippen LogP contribution in [-0.2, 0) is 4.74 Å². The number of hydrogen-bond donors (Lipinski definition) is 0. The van der Waals surface area contributed by atoms with Crippen molar-refractivity contribution in [3.8, 4) is 5.75 Å². The third-order valence-electron chi connectivity index (χ3n) is 2.64. The molecule has 2 heteroatoms. The lowest BCUT2D eigenvalue weighted by Crippen LogP contribution is -2.00. The Hall–Kier alpha value is -1.28.